The first kappa shape index (κ1) is 27.3. The van der Waals surface area contributed by atoms with Crippen LogP contribution in [0.15, 0.2) is 158 Å². The Morgan fingerprint density at radius 1 is 0.383 bits per heavy atom. The largest absolute Gasteiger partial charge is 0.264 e. The van der Waals surface area contributed by atoms with Crippen LogP contribution in [0.3, 0.4) is 0 Å². The standard InChI is InChI=1S/C42H26N4S/c1-3-7-27(8-4-1)28-11-13-29(14-12-28)30-15-18-33(19-16-30)41-44-40(32-9-5-2-6-10-32)45-42(46-41)34-20-17-31-21-22-35-37-26-43-24-23-38(37)47-39(35)36(31)25-34/h1-26H. The fourth-order valence-corrected chi connectivity index (χ4v) is 7.38. The van der Waals surface area contributed by atoms with Crippen LogP contribution in [0.4, 0.5) is 0 Å². The minimum Gasteiger partial charge on any atom is -0.264 e. The maximum atomic E-state index is 5.05. The lowest BCUT2D eigenvalue weighted by Gasteiger charge is -2.10. The van der Waals surface area contributed by atoms with Crippen LogP contribution in [0.5, 0.6) is 0 Å². The zero-order valence-electron chi connectivity index (χ0n) is 25.2. The normalized spacial score (nSPS) is 11.4. The predicted octanol–water partition coefficient (Wildman–Crippen LogP) is 11.1. The van der Waals surface area contributed by atoms with Crippen molar-refractivity contribution < 1.29 is 0 Å². The summed E-state index contributed by atoms with van der Waals surface area (Å²) < 4.78 is 2.48. The van der Waals surface area contributed by atoms with Crippen molar-refractivity contribution in [2.75, 3.05) is 0 Å². The van der Waals surface area contributed by atoms with Crippen molar-refractivity contribution >= 4 is 42.3 Å². The van der Waals surface area contributed by atoms with Gasteiger partial charge in [-0.05, 0) is 39.8 Å². The van der Waals surface area contributed by atoms with Crippen molar-refractivity contribution in [1.82, 2.24) is 19.9 Å². The van der Waals surface area contributed by atoms with E-state index in [2.05, 4.69) is 114 Å². The molecule has 0 aliphatic carbocycles. The molecule has 0 atom stereocenters. The Balaban J connectivity index is 1.13. The summed E-state index contributed by atoms with van der Waals surface area (Å²) in [5.41, 5.74) is 7.57. The van der Waals surface area contributed by atoms with Gasteiger partial charge in [-0.25, -0.2) is 15.0 Å². The lowest BCUT2D eigenvalue weighted by molar-refractivity contribution is 1.07. The molecule has 4 nitrogen and oxygen atoms in total. The fourth-order valence-electron chi connectivity index (χ4n) is 6.18. The van der Waals surface area contributed by atoms with E-state index in [0.717, 1.165) is 27.8 Å². The summed E-state index contributed by atoms with van der Waals surface area (Å²) in [6.45, 7) is 0. The summed E-state index contributed by atoms with van der Waals surface area (Å²) in [4.78, 5) is 19.4. The first-order chi connectivity index (χ1) is 23.3. The molecule has 9 rings (SSSR count). The van der Waals surface area contributed by atoms with Crippen molar-refractivity contribution in [3.63, 3.8) is 0 Å². The first-order valence-electron chi connectivity index (χ1n) is 15.5. The molecule has 0 aliphatic heterocycles. The highest BCUT2D eigenvalue weighted by atomic mass is 32.1. The van der Waals surface area contributed by atoms with Gasteiger partial charge in [-0.15, -0.1) is 11.3 Å². The van der Waals surface area contributed by atoms with Gasteiger partial charge in [0.15, 0.2) is 17.5 Å². The Kier molecular flexibility index (Phi) is 6.61. The highest BCUT2D eigenvalue weighted by Crippen LogP contribution is 2.39. The van der Waals surface area contributed by atoms with E-state index in [-0.39, 0.29) is 0 Å². The number of rotatable bonds is 5. The predicted molar refractivity (Wildman–Crippen MR) is 195 cm³/mol. The second kappa shape index (κ2) is 11.4. The van der Waals surface area contributed by atoms with E-state index in [1.807, 2.05) is 48.8 Å². The second-order valence-electron chi connectivity index (χ2n) is 11.5. The van der Waals surface area contributed by atoms with Gasteiger partial charge in [0, 0.05) is 54.6 Å². The van der Waals surface area contributed by atoms with E-state index in [1.165, 1.54) is 42.1 Å². The van der Waals surface area contributed by atoms with Crippen LogP contribution in [0.1, 0.15) is 0 Å². The van der Waals surface area contributed by atoms with E-state index in [0.29, 0.717) is 17.5 Å². The zero-order valence-corrected chi connectivity index (χ0v) is 26.0. The molecule has 0 fully saturated rings. The van der Waals surface area contributed by atoms with Gasteiger partial charge in [-0.3, -0.25) is 4.98 Å². The van der Waals surface area contributed by atoms with Crippen molar-refractivity contribution in [2.45, 2.75) is 0 Å². The number of benzene rings is 6. The van der Waals surface area contributed by atoms with Gasteiger partial charge in [0.05, 0.1) is 0 Å². The van der Waals surface area contributed by atoms with Gasteiger partial charge in [0.1, 0.15) is 0 Å². The molecule has 47 heavy (non-hydrogen) atoms. The Hall–Kier alpha value is -6.04. The molecule has 5 heteroatoms. The number of hydrogen-bond donors (Lipinski definition) is 0. The zero-order chi connectivity index (χ0) is 31.2. The third kappa shape index (κ3) is 5.03. The van der Waals surface area contributed by atoms with Crippen molar-refractivity contribution in [3.05, 3.63) is 158 Å². The van der Waals surface area contributed by atoms with Crippen molar-refractivity contribution in [3.8, 4) is 56.4 Å². The molecule has 0 unspecified atom stereocenters. The maximum absolute atomic E-state index is 5.05. The van der Waals surface area contributed by atoms with Crippen LogP contribution in [-0.4, -0.2) is 19.9 Å². The Morgan fingerprint density at radius 3 is 1.51 bits per heavy atom. The van der Waals surface area contributed by atoms with Crippen molar-refractivity contribution in [2.24, 2.45) is 0 Å². The van der Waals surface area contributed by atoms with E-state index < -0.39 is 0 Å². The number of aromatic nitrogens is 4. The second-order valence-corrected chi connectivity index (χ2v) is 12.6. The summed E-state index contributed by atoms with van der Waals surface area (Å²) in [7, 11) is 0. The summed E-state index contributed by atoms with van der Waals surface area (Å²) in [6, 6.07) is 50.7. The average Bonchev–Trinajstić information content (AvgIpc) is 3.55. The first-order valence-corrected chi connectivity index (χ1v) is 16.4. The van der Waals surface area contributed by atoms with Gasteiger partial charge in [-0.2, -0.15) is 0 Å². The fraction of sp³-hybridized carbons (Fsp3) is 0. The van der Waals surface area contributed by atoms with Crippen LogP contribution in [0.2, 0.25) is 0 Å². The van der Waals surface area contributed by atoms with Gasteiger partial charge >= 0.3 is 0 Å². The maximum Gasteiger partial charge on any atom is 0.164 e. The third-order valence-electron chi connectivity index (χ3n) is 8.65. The highest BCUT2D eigenvalue weighted by Gasteiger charge is 2.15. The topological polar surface area (TPSA) is 51.6 Å². The minimum atomic E-state index is 0.645. The molecular formula is C42H26N4S. The molecule has 0 radical (unpaired) electrons. The van der Waals surface area contributed by atoms with Gasteiger partial charge < -0.3 is 0 Å². The monoisotopic (exact) mass is 618 g/mol. The summed E-state index contributed by atoms with van der Waals surface area (Å²) in [5.74, 6) is 1.94. The molecule has 220 valence electrons. The van der Waals surface area contributed by atoms with E-state index in [9.17, 15) is 0 Å². The van der Waals surface area contributed by atoms with Crippen LogP contribution >= 0.6 is 11.3 Å². The quantitative estimate of drug-likeness (QED) is 0.193. The molecule has 3 heterocycles. The summed E-state index contributed by atoms with van der Waals surface area (Å²) >= 11 is 1.80. The summed E-state index contributed by atoms with van der Waals surface area (Å²) in [5, 5.41) is 4.78. The highest BCUT2D eigenvalue weighted by molar-refractivity contribution is 7.26. The molecule has 0 amide bonds. The smallest absolute Gasteiger partial charge is 0.164 e. The van der Waals surface area contributed by atoms with E-state index in [1.54, 1.807) is 11.3 Å². The Morgan fingerprint density at radius 2 is 0.872 bits per heavy atom. The van der Waals surface area contributed by atoms with Gasteiger partial charge in [-0.1, -0.05) is 133 Å². The Bertz CT molecular complexity index is 2540. The molecule has 0 spiro atoms. The lowest BCUT2D eigenvalue weighted by Crippen LogP contribution is -2.00. The number of thiophene rings is 1. The SMILES string of the molecule is c1ccc(-c2ccc(-c3ccc(-c4nc(-c5ccccc5)nc(-c5ccc6ccc7c8cnccc8sc7c6c5)n4)cc3)cc2)cc1. The van der Waals surface area contributed by atoms with E-state index in [4.69, 9.17) is 15.0 Å². The number of pyridine rings is 1. The Labute approximate surface area is 275 Å². The molecular weight excluding hydrogens is 593 g/mol. The van der Waals surface area contributed by atoms with Gasteiger partial charge in [0.25, 0.3) is 0 Å². The molecule has 0 saturated heterocycles. The molecule has 3 aromatic heterocycles. The van der Waals surface area contributed by atoms with Crippen molar-refractivity contribution in [1.29, 1.82) is 0 Å². The number of fused-ring (bicyclic) bond motifs is 5. The lowest BCUT2D eigenvalue weighted by atomic mass is 9.99. The van der Waals surface area contributed by atoms with Crippen LogP contribution < -0.4 is 0 Å². The van der Waals surface area contributed by atoms with Crippen LogP contribution in [0.25, 0.3) is 87.4 Å². The molecule has 6 aromatic carbocycles. The average molecular weight is 619 g/mol. The number of nitrogens with zero attached hydrogens (tertiary/aromatic N) is 4. The molecule has 9 aromatic rings. The van der Waals surface area contributed by atoms with Crippen LogP contribution in [-0.2, 0) is 0 Å². The summed E-state index contributed by atoms with van der Waals surface area (Å²) in [6.07, 6.45) is 3.82. The minimum absolute atomic E-state index is 0.645. The molecule has 0 bridgehead atoms. The number of hydrogen-bond acceptors (Lipinski definition) is 5. The van der Waals surface area contributed by atoms with Gasteiger partial charge in [0.2, 0.25) is 0 Å². The molecule has 0 N–H and O–H groups in total. The molecule has 0 aliphatic rings. The van der Waals surface area contributed by atoms with E-state index >= 15 is 0 Å². The van der Waals surface area contributed by atoms with Crippen LogP contribution in [0, 0.1) is 0 Å². The third-order valence-corrected chi connectivity index (χ3v) is 9.87. The molecule has 0 saturated carbocycles.